The van der Waals surface area contributed by atoms with E-state index in [0.717, 1.165) is 11.4 Å². The molecule has 0 aliphatic carbocycles. The van der Waals surface area contributed by atoms with Crippen molar-refractivity contribution < 1.29 is 0 Å². The fourth-order valence-electron chi connectivity index (χ4n) is 12.8. The standard InChI is InChI=1S/C67H53BN4/c1-40-34-61-63-62(35-40)72-58-20-12-17-50-49-16-10-11-19-55(49)71(64(50)58)59-21-13-18-54(65(59)72)68(63)53-31-30-48(39-60(53)69(61)47-28-24-42(25-29-47)44-23-22-41-14-8-9-15-43(41)36-44)70-56-32-26-45(66(2,3)4)37-51(56)52-38-46(67(5,6)7)27-33-57(52)70/h8-39H,1-7H3. The smallest absolute Gasteiger partial charge is 0.252 e. The van der Waals surface area contributed by atoms with Gasteiger partial charge in [-0.15, -0.1) is 0 Å². The monoisotopic (exact) mass is 924 g/mol. The minimum Gasteiger partial charge on any atom is -0.311 e. The topological polar surface area (TPSA) is 16.3 Å². The molecule has 2 aromatic heterocycles. The average Bonchev–Trinajstić information content (AvgIpc) is 3.91. The number of para-hydroxylation sites is 3. The van der Waals surface area contributed by atoms with Gasteiger partial charge in [0.25, 0.3) is 6.71 Å². The summed E-state index contributed by atoms with van der Waals surface area (Å²) in [7, 11) is 0. The van der Waals surface area contributed by atoms with Crippen molar-refractivity contribution in [2.75, 3.05) is 9.80 Å². The lowest BCUT2D eigenvalue weighted by Gasteiger charge is -2.46. The molecule has 0 radical (unpaired) electrons. The lowest BCUT2D eigenvalue weighted by Crippen LogP contribution is -2.61. The van der Waals surface area contributed by atoms with E-state index in [2.05, 4.69) is 262 Å². The number of hydrogen-bond acceptors (Lipinski definition) is 2. The van der Waals surface area contributed by atoms with Gasteiger partial charge in [-0.05, 0) is 158 Å². The van der Waals surface area contributed by atoms with E-state index in [1.165, 1.54) is 133 Å². The van der Waals surface area contributed by atoms with Crippen LogP contribution in [0.2, 0.25) is 0 Å². The number of hydrogen-bond donors (Lipinski definition) is 0. The van der Waals surface area contributed by atoms with Gasteiger partial charge >= 0.3 is 0 Å². The Morgan fingerprint density at radius 1 is 0.375 bits per heavy atom. The predicted molar refractivity (Wildman–Crippen MR) is 308 cm³/mol. The molecule has 10 aromatic carbocycles. The minimum absolute atomic E-state index is 0.0107. The normalized spacial score (nSPS) is 13.7. The van der Waals surface area contributed by atoms with E-state index in [9.17, 15) is 0 Å². The van der Waals surface area contributed by atoms with Gasteiger partial charge in [-0.2, -0.15) is 0 Å². The fraction of sp³-hybridized carbons (Fsp3) is 0.134. The first-order valence-electron chi connectivity index (χ1n) is 25.6. The van der Waals surface area contributed by atoms with Gasteiger partial charge in [0.05, 0.1) is 39.1 Å². The summed E-state index contributed by atoms with van der Waals surface area (Å²) >= 11 is 0. The molecule has 4 nitrogen and oxygen atoms in total. The van der Waals surface area contributed by atoms with Crippen LogP contribution in [0.15, 0.2) is 194 Å². The van der Waals surface area contributed by atoms with Crippen molar-refractivity contribution in [3.63, 3.8) is 0 Å². The Hall–Kier alpha value is -8.28. The molecule has 0 saturated carbocycles. The van der Waals surface area contributed by atoms with Crippen LogP contribution in [0.3, 0.4) is 0 Å². The van der Waals surface area contributed by atoms with E-state index in [1.54, 1.807) is 0 Å². The quantitative estimate of drug-likeness (QED) is 0.164. The minimum atomic E-state index is -0.0107. The Labute approximate surface area is 421 Å². The number of benzene rings is 10. The molecule has 0 bridgehead atoms. The SMILES string of the molecule is Cc1cc2c3c(c1)N1c4c(cccc4-n4c5ccccc5c5cccc1c54)B3c1ccc(-n3c4ccc(C(C)(C)C)cc4c4cc(C(C)(C)C)ccc43)cc1N2c1ccc(-c2ccc3ccccc3c2)cc1. The molecule has 0 amide bonds. The molecule has 15 rings (SSSR count). The Bertz CT molecular complexity index is 4260. The molecule has 3 aliphatic rings. The highest BCUT2D eigenvalue weighted by molar-refractivity contribution is 7.00. The summed E-state index contributed by atoms with van der Waals surface area (Å²) in [6.45, 7) is 16.2. The molecular weight excluding hydrogens is 872 g/mol. The molecule has 5 heterocycles. The molecule has 0 atom stereocenters. The zero-order valence-electron chi connectivity index (χ0n) is 41.8. The van der Waals surface area contributed by atoms with Crippen molar-refractivity contribution in [3.05, 3.63) is 211 Å². The summed E-state index contributed by atoms with van der Waals surface area (Å²) in [6, 6.07) is 74.2. The highest BCUT2D eigenvalue weighted by Gasteiger charge is 2.46. The van der Waals surface area contributed by atoms with Gasteiger partial charge in [0.2, 0.25) is 0 Å². The molecule has 72 heavy (non-hydrogen) atoms. The number of aryl methyl sites for hydroxylation is 1. The Morgan fingerprint density at radius 3 is 1.72 bits per heavy atom. The summed E-state index contributed by atoms with van der Waals surface area (Å²) in [5, 5.41) is 7.66. The van der Waals surface area contributed by atoms with Crippen molar-refractivity contribution in [1.82, 2.24) is 9.13 Å². The van der Waals surface area contributed by atoms with Crippen molar-refractivity contribution in [2.24, 2.45) is 0 Å². The number of aromatic nitrogens is 2. The third-order valence-corrected chi connectivity index (χ3v) is 16.3. The van der Waals surface area contributed by atoms with Crippen molar-refractivity contribution in [2.45, 2.75) is 59.3 Å². The molecule has 0 saturated heterocycles. The van der Waals surface area contributed by atoms with E-state index in [-0.39, 0.29) is 17.5 Å². The highest BCUT2D eigenvalue weighted by Crippen LogP contribution is 2.53. The third kappa shape index (κ3) is 5.71. The molecule has 0 fully saturated rings. The summed E-state index contributed by atoms with van der Waals surface area (Å²) in [6.07, 6.45) is 0. The number of anilines is 6. The average molecular weight is 925 g/mol. The van der Waals surface area contributed by atoms with Crippen LogP contribution < -0.4 is 26.2 Å². The van der Waals surface area contributed by atoms with Gasteiger partial charge in [-0.25, -0.2) is 0 Å². The first-order chi connectivity index (χ1) is 34.9. The van der Waals surface area contributed by atoms with E-state index >= 15 is 0 Å². The summed E-state index contributed by atoms with van der Waals surface area (Å²) < 4.78 is 5.06. The van der Waals surface area contributed by atoms with Gasteiger partial charge in [0, 0.05) is 50.0 Å². The second-order valence-corrected chi connectivity index (χ2v) is 22.7. The largest absolute Gasteiger partial charge is 0.311 e. The maximum absolute atomic E-state index is 2.60. The third-order valence-electron chi connectivity index (χ3n) is 16.3. The van der Waals surface area contributed by atoms with E-state index in [4.69, 9.17) is 0 Å². The van der Waals surface area contributed by atoms with Crippen molar-refractivity contribution >= 4 is 112 Å². The van der Waals surface area contributed by atoms with Crippen LogP contribution in [0, 0.1) is 6.92 Å². The molecule has 3 aliphatic heterocycles. The summed E-state index contributed by atoms with van der Waals surface area (Å²) in [5.41, 5.74) is 24.9. The summed E-state index contributed by atoms with van der Waals surface area (Å²) in [5.74, 6) is 0. The van der Waals surface area contributed by atoms with Crippen LogP contribution in [0.25, 0.3) is 76.9 Å². The van der Waals surface area contributed by atoms with Crippen LogP contribution in [0.5, 0.6) is 0 Å². The van der Waals surface area contributed by atoms with Crippen molar-refractivity contribution in [3.8, 4) is 22.5 Å². The molecular formula is C67H53BN4. The first-order valence-corrected chi connectivity index (χ1v) is 25.6. The Kier molecular flexibility index (Phi) is 8.31. The van der Waals surface area contributed by atoms with Crippen LogP contribution in [-0.4, -0.2) is 15.8 Å². The first kappa shape index (κ1) is 41.5. The molecule has 0 N–H and O–H groups in total. The maximum atomic E-state index is 2.60. The van der Waals surface area contributed by atoms with Gasteiger partial charge in [-0.3, -0.25) is 0 Å². The maximum Gasteiger partial charge on any atom is 0.252 e. The van der Waals surface area contributed by atoms with Crippen LogP contribution in [0.1, 0.15) is 58.2 Å². The highest BCUT2D eigenvalue weighted by atomic mass is 15.2. The molecule has 0 spiro atoms. The fourth-order valence-corrected chi connectivity index (χ4v) is 12.8. The van der Waals surface area contributed by atoms with Crippen LogP contribution in [0.4, 0.5) is 34.1 Å². The van der Waals surface area contributed by atoms with E-state index < -0.39 is 0 Å². The molecule has 5 heteroatoms. The van der Waals surface area contributed by atoms with Gasteiger partial charge in [0.15, 0.2) is 0 Å². The van der Waals surface area contributed by atoms with Crippen molar-refractivity contribution in [1.29, 1.82) is 0 Å². The lowest BCUT2D eigenvalue weighted by atomic mass is 9.33. The number of nitrogens with zero attached hydrogens (tertiary/aromatic N) is 4. The second kappa shape index (κ2) is 14.4. The molecule has 0 unspecified atom stereocenters. The number of rotatable bonds is 3. The lowest BCUT2D eigenvalue weighted by molar-refractivity contribution is 0.590. The zero-order chi connectivity index (χ0) is 48.5. The molecule has 12 aromatic rings. The zero-order valence-corrected chi connectivity index (χ0v) is 41.8. The van der Waals surface area contributed by atoms with Gasteiger partial charge < -0.3 is 18.9 Å². The van der Waals surface area contributed by atoms with E-state index in [0.29, 0.717) is 0 Å². The van der Waals surface area contributed by atoms with Gasteiger partial charge in [0.1, 0.15) is 0 Å². The van der Waals surface area contributed by atoms with E-state index in [1.807, 2.05) is 0 Å². The van der Waals surface area contributed by atoms with Crippen LogP contribution in [-0.2, 0) is 10.8 Å². The molecule has 344 valence electrons. The summed E-state index contributed by atoms with van der Waals surface area (Å²) in [4.78, 5) is 5.18. The predicted octanol–water partition coefficient (Wildman–Crippen LogP) is 16.0. The van der Waals surface area contributed by atoms with Crippen LogP contribution >= 0.6 is 0 Å². The number of fused-ring (bicyclic) bond motifs is 13. The van der Waals surface area contributed by atoms with Gasteiger partial charge in [-0.1, -0.05) is 151 Å². The Morgan fingerprint density at radius 2 is 0.986 bits per heavy atom. The second-order valence-electron chi connectivity index (χ2n) is 22.7. The Balaban J connectivity index is 1.00.